The van der Waals surface area contributed by atoms with Crippen LogP contribution >= 0.6 is 0 Å². The Hall–Kier alpha value is -1.58. The van der Waals surface area contributed by atoms with Crippen LogP contribution in [0.5, 0.6) is 0 Å². The van der Waals surface area contributed by atoms with Crippen LogP contribution in [0.15, 0.2) is 23.0 Å². The topological polar surface area (TPSA) is 62.0 Å². The van der Waals surface area contributed by atoms with E-state index in [-0.39, 0.29) is 11.5 Å². The van der Waals surface area contributed by atoms with Crippen molar-refractivity contribution in [3.8, 4) is 0 Å². The monoisotopic (exact) mass is 220 g/mol. The number of pyridine rings is 1. The summed E-state index contributed by atoms with van der Waals surface area (Å²) in [6.07, 6.45) is 2.55. The van der Waals surface area contributed by atoms with Gasteiger partial charge in [0.15, 0.2) is 0 Å². The van der Waals surface area contributed by atoms with Gasteiger partial charge in [0, 0.05) is 12.6 Å². The molecule has 0 bridgehead atoms. The molecule has 0 radical (unpaired) electrons. The largest absolute Gasteiger partial charge is 0.350 e. The van der Waals surface area contributed by atoms with E-state index in [0.717, 1.165) is 5.92 Å². The number of hydrogen-bond acceptors (Lipinski definition) is 2. The highest BCUT2D eigenvalue weighted by Gasteiger charge is 2.27. The van der Waals surface area contributed by atoms with E-state index < -0.39 is 0 Å². The molecule has 1 aromatic heterocycles. The standard InChI is InChI=1S/C12H16N2O2/c1-8(9-5-6-9)7-13-12(16)10-3-2-4-11(15)14-10/h2-4,8-9H,5-7H2,1H3,(H,13,16)(H,14,15). The molecule has 1 unspecified atom stereocenters. The minimum absolute atomic E-state index is 0.204. The van der Waals surface area contributed by atoms with Crippen molar-refractivity contribution in [2.45, 2.75) is 19.8 Å². The molecule has 1 aromatic rings. The molecule has 1 atom stereocenters. The summed E-state index contributed by atoms with van der Waals surface area (Å²) >= 11 is 0. The van der Waals surface area contributed by atoms with E-state index in [2.05, 4.69) is 17.2 Å². The minimum Gasteiger partial charge on any atom is -0.350 e. The molecular formula is C12H16N2O2. The lowest BCUT2D eigenvalue weighted by Crippen LogP contribution is -2.30. The van der Waals surface area contributed by atoms with Crippen LogP contribution in [0, 0.1) is 11.8 Å². The third-order valence-corrected chi connectivity index (χ3v) is 3.02. The molecule has 1 fully saturated rings. The van der Waals surface area contributed by atoms with Crippen molar-refractivity contribution < 1.29 is 4.79 Å². The van der Waals surface area contributed by atoms with Crippen molar-refractivity contribution in [3.63, 3.8) is 0 Å². The fourth-order valence-electron chi connectivity index (χ4n) is 1.76. The normalized spacial score (nSPS) is 16.8. The van der Waals surface area contributed by atoms with Gasteiger partial charge >= 0.3 is 0 Å². The zero-order chi connectivity index (χ0) is 11.5. The van der Waals surface area contributed by atoms with Gasteiger partial charge in [0.25, 0.3) is 5.91 Å². The summed E-state index contributed by atoms with van der Waals surface area (Å²) in [6, 6.07) is 4.58. The Bertz CT molecular complexity index is 435. The zero-order valence-electron chi connectivity index (χ0n) is 9.32. The number of carbonyl (C=O) groups is 1. The van der Waals surface area contributed by atoms with Crippen LogP contribution in [-0.2, 0) is 0 Å². The SMILES string of the molecule is CC(CNC(=O)c1cccc(=O)[nH]1)C1CC1. The molecule has 16 heavy (non-hydrogen) atoms. The first kappa shape index (κ1) is 10.9. The molecule has 1 aliphatic carbocycles. The van der Waals surface area contributed by atoms with E-state index in [1.54, 1.807) is 12.1 Å². The number of amides is 1. The van der Waals surface area contributed by atoms with Crippen LogP contribution in [0.1, 0.15) is 30.3 Å². The second-order valence-corrected chi connectivity index (χ2v) is 4.45. The van der Waals surface area contributed by atoms with Crippen molar-refractivity contribution in [2.75, 3.05) is 6.54 Å². The maximum absolute atomic E-state index is 11.7. The maximum Gasteiger partial charge on any atom is 0.267 e. The van der Waals surface area contributed by atoms with Crippen LogP contribution < -0.4 is 10.9 Å². The second kappa shape index (κ2) is 4.51. The number of aromatic amines is 1. The van der Waals surface area contributed by atoms with Gasteiger partial charge < -0.3 is 10.3 Å². The van der Waals surface area contributed by atoms with Crippen molar-refractivity contribution in [1.29, 1.82) is 0 Å². The van der Waals surface area contributed by atoms with Gasteiger partial charge in [-0.1, -0.05) is 13.0 Å². The van der Waals surface area contributed by atoms with Crippen molar-refractivity contribution in [2.24, 2.45) is 11.8 Å². The van der Waals surface area contributed by atoms with Gasteiger partial charge in [-0.2, -0.15) is 0 Å². The second-order valence-electron chi connectivity index (χ2n) is 4.45. The first-order valence-corrected chi connectivity index (χ1v) is 5.64. The van der Waals surface area contributed by atoms with Crippen LogP contribution in [-0.4, -0.2) is 17.4 Å². The quantitative estimate of drug-likeness (QED) is 0.799. The first-order chi connectivity index (χ1) is 7.66. The van der Waals surface area contributed by atoms with E-state index in [1.165, 1.54) is 18.9 Å². The summed E-state index contributed by atoms with van der Waals surface area (Å²) in [5, 5.41) is 2.84. The van der Waals surface area contributed by atoms with Gasteiger partial charge in [-0.3, -0.25) is 9.59 Å². The smallest absolute Gasteiger partial charge is 0.267 e. The predicted molar refractivity (Wildman–Crippen MR) is 61.3 cm³/mol. The Morgan fingerprint density at radius 3 is 2.94 bits per heavy atom. The molecule has 1 aliphatic rings. The van der Waals surface area contributed by atoms with Gasteiger partial charge in [-0.05, 0) is 30.7 Å². The fraction of sp³-hybridized carbons (Fsp3) is 0.500. The molecule has 86 valence electrons. The van der Waals surface area contributed by atoms with Crippen molar-refractivity contribution in [3.05, 3.63) is 34.2 Å². The number of carbonyl (C=O) groups excluding carboxylic acids is 1. The highest BCUT2D eigenvalue weighted by molar-refractivity contribution is 5.92. The van der Waals surface area contributed by atoms with E-state index in [4.69, 9.17) is 0 Å². The lowest BCUT2D eigenvalue weighted by Gasteiger charge is -2.10. The molecule has 0 saturated heterocycles. The van der Waals surface area contributed by atoms with Crippen molar-refractivity contribution >= 4 is 5.91 Å². The van der Waals surface area contributed by atoms with Crippen LogP contribution in [0.25, 0.3) is 0 Å². The lowest BCUT2D eigenvalue weighted by atomic mass is 10.1. The molecular weight excluding hydrogens is 204 g/mol. The Morgan fingerprint density at radius 1 is 1.56 bits per heavy atom. The third-order valence-electron chi connectivity index (χ3n) is 3.02. The highest BCUT2D eigenvalue weighted by atomic mass is 16.2. The molecule has 0 aliphatic heterocycles. The molecule has 2 N–H and O–H groups in total. The highest BCUT2D eigenvalue weighted by Crippen LogP contribution is 2.36. The summed E-state index contributed by atoms with van der Waals surface area (Å²) in [4.78, 5) is 25.2. The summed E-state index contributed by atoms with van der Waals surface area (Å²) < 4.78 is 0. The summed E-state index contributed by atoms with van der Waals surface area (Å²) in [7, 11) is 0. The van der Waals surface area contributed by atoms with Crippen LogP contribution in [0.4, 0.5) is 0 Å². The Labute approximate surface area is 94.1 Å². The van der Waals surface area contributed by atoms with Gasteiger partial charge in [0.1, 0.15) is 5.69 Å². The zero-order valence-corrected chi connectivity index (χ0v) is 9.32. The Kier molecular flexibility index (Phi) is 3.08. The predicted octanol–water partition coefficient (Wildman–Crippen LogP) is 1.15. The molecule has 0 spiro atoms. The number of H-pyrrole nitrogens is 1. The summed E-state index contributed by atoms with van der Waals surface area (Å²) in [6.45, 7) is 2.83. The van der Waals surface area contributed by atoms with Gasteiger partial charge in [-0.25, -0.2) is 0 Å². The molecule has 1 amide bonds. The van der Waals surface area contributed by atoms with E-state index in [0.29, 0.717) is 18.2 Å². The van der Waals surface area contributed by atoms with Crippen LogP contribution in [0.3, 0.4) is 0 Å². The van der Waals surface area contributed by atoms with Gasteiger partial charge in [0.2, 0.25) is 5.56 Å². The average Bonchev–Trinajstić information content (AvgIpc) is 3.09. The molecule has 2 rings (SSSR count). The average molecular weight is 220 g/mol. The van der Waals surface area contributed by atoms with Gasteiger partial charge in [0.05, 0.1) is 0 Å². The lowest BCUT2D eigenvalue weighted by molar-refractivity contribution is 0.0941. The number of hydrogen-bond donors (Lipinski definition) is 2. The van der Waals surface area contributed by atoms with Gasteiger partial charge in [-0.15, -0.1) is 0 Å². The molecule has 4 heteroatoms. The first-order valence-electron chi connectivity index (χ1n) is 5.64. The molecule has 4 nitrogen and oxygen atoms in total. The number of aromatic nitrogens is 1. The molecule has 1 heterocycles. The third kappa shape index (κ3) is 2.72. The number of rotatable bonds is 4. The fourth-order valence-corrected chi connectivity index (χ4v) is 1.76. The van der Waals surface area contributed by atoms with E-state index >= 15 is 0 Å². The molecule has 1 saturated carbocycles. The Balaban J connectivity index is 1.89. The molecule has 0 aromatic carbocycles. The van der Waals surface area contributed by atoms with E-state index in [1.807, 2.05) is 0 Å². The maximum atomic E-state index is 11.7. The number of nitrogens with one attached hydrogen (secondary N) is 2. The van der Waals surface area contributed by atoms with Crippen molar-refractivity contribution in [1.82, 2.24) is 10.3 Å². The summed E-state index contributed by atoms with van der Waals surface area (Å²) in [5.41, 5.74) is 0.0818. The minimum atomic E-state index is -0.247. The Morgan fingerprint density at radius 2 is 2.31 bits per heavy atom. The van der Waals surface area contributed by atoms with Crippen LogP contribution in [0.2, 0.25) is 0 Å². The van der Waals surface area contributed by atoms with E-state index in [9.17, 15) is 9.59 Å². The summed E-state index contributed by atoms with van der Waals surface area (Å²) in [5.74, 6) is 1.10.